The molecule has 4 aliphatic carbocycles. The zero-order valence-corrected chi connectivity index (χ0v) is 39.2. The third-order valence-corrected chi connectivity index (χ3v) is 16.4. The van der Waals surface area contributed by atoms with Gasteiger partial charge in [-0.25, -0.2) is 14.8 Å². The van der Waals surface area contributed by atoms with Crippen LogP contribution in [0.5, 0.6) is 0 Å². The van der Waals surface area contributed by atoms with E-state index in [1.165, 1.54) is 38.1 Å². The van der Waals surface area contributed by atoms with Gasteiger partial charge in [0.15, 0.2) is 0 Å². The highest BCUT2D eigenvalue weighted by Gasteiger charge is 2.45. The Morgan fingerprint density at radius 3 is 1.15 bits per heavy atom. The highest BCUT2D eigenvalue weighted by Crippen LogP contribution is 2.41. The number of amides is 4. The Morgan fingerprint density at radius 1 is 0.515 bits per heavy atom. The molecule has 0 radical (unpaired) electrons. The van der Waals surface area contributed by atoms with Crippen LogP contribution in [0.3, 0.4) is 0 Å². The normalized spacial score (nSPS) is 22.6. The van der Waals surface area contributed by atoms with E-state index >= 15 is 0 Å². The van der Waals surface area contributed by atoms with Crippen molar-refractivity contribution in [3.8, 4) is 0 Å². The number of anilines is 2. The fourth-order valence-electron chi connectivity index (χ4n) is 7.51. The van der Waals surface area contributed by atoms with Gasteiger partial charge in [-0.3, -0.25) is 36.9 Å². The SMILES string of the molecule is Cc1ccc(NC(=O)Nc2ccc(C)c(C(=O)N=C3C=C(S(=O)(=O)O)CC4=CC(S(=O)(=O)O)=CC(S(=O)(=O)O)C43)c2)cc1C(=O)N=C1C=C(S(=O)(=O)O)CC2=CC(S(=O)(=O)O)=CC(S(=O)(=O)O)C21. The third kappa shape index (κ3) is 11.4. The van der Waals surface area contributed by atoms with Crippen molar-refractivity contribution in [2.45, 2.75) is 37.2 Å². The van der Waals surface area contributed by atoms with Crippen molar-refractivity contribution >= 4 is 101 Å². The van der Waals surface area contributed by atoms with Crippen molar-refractivity contribution in [3.63, 3.8) is 0 Å². The van der Waals surface area contributed by atoms with Crippen LogP contribution in [0.15, 0.2) is 114 Å². The third-order valence-electron chi connectivity index (χ3n) is 10.6. The Balaban J connectivity index is 1.29. The highest BCUT2D eigenvalue weighted by molar-refractivity contribution is 7.91. The first-order valence-electron chi connectivity index (χ1n) is 18.7. The fraction of sp³-hybridized carbons (Fsp3) is 0.216. The number of benzene rings is 2. The number of rotatable bonds is 10. The molecular formula is C37H34N4O21S6. The van der Waals surface area contributed by atoms with Crippen LogP contribution in [0.2, 0.25) is 0 Å². The molecule has 31 heteroatoms. The van der Waals surface area contributed by atoms with E-state index in [4.69, 9.17) is 0 Å². The molecule has 2 aromatic carbocycles. The van der Waals surface area contributed by atoms with Crippen molar-refractivity contribution in [2.24, 2.45) is 21.8 Å². The molecule has 25 nitrogen and oxygen atoms in total. The zero-order chi connectivity index (χ0) is 50.9. The van der Waals surface area contributed by atoms with Gasteiger partial charge in [-0.05, 0) is 85.7 Å². The number of hydrogen-bond donors (Lipinski definition) is 8. The summed E-state index contributed by atoms with van der Waals surface area (Å²) in [5.41, 5.74) is -2.53. The Labute approximate surface area is 387 Å². The van der Waals surface area contributed by atoms with Crippen LogP contribution in [0.25, 0.3) is 0 Å². The number of allylic oxidation sites excluding steroid dienone is 8. The second kappa shape index (κ2) is 18.0. The van der Waals surface area contributed by atoms with Crippen LogP contribution in [-0.2, 0) is 60.7 Å². The van der Waals surface area contributed by atoms with E-state index in [1.54, 1.807) is 0 Å². The Hall–Kier alpha value is -5.71. The van der Waals surface area contributed by atoms with Crippen LogP contribution in [0.1, 0.15) is 44.7 Å². The summed E-state index contributed by atoms with van der Waals surface area (Å²) in [5.74, 6) is -5.81. The number of carbonyl (C=O) groups excluding carboxylic acids is 3. The minimum Gasteiger partial charge on any atom is -0.308 e. The molecule has 0 saturated carbocycles. The summed E-state index contributed by atoms with van der Waals surface area (Å²) in [6.45, 7) is 2.82. The average Bonchev–Trinajstić information content (AvgIpc) is 3.19. The van der Waals surface area contributed by atoms with Crippen LogP contribution in [0, 0.1) is 25.7 Å². The summed E-state index contributed by atoms with van der Waals surface area (Å²) in [6.07, 6.45) is 1.96. The Morgan fingerprint density at radius 2 is 0.853 bits per heavy atom. The highest BCUT2D eigenvalue weighted by atomic mass is 32.2. The molecule has 4 atom stereocenters. The standard InChI is InChI=1S/C37H34N4O21S6/c1-17-3-5-21(11-27(17)35(42)40-29-13-23(63(45,46)47)7-19-9-25(65(51,52)53)15-31(33(19)29)67(57,58)59)38-37(44)39-22-6-4-18(2)28(12-22)36(43)41-30-14-24(64(48,49)50)8-20-10-26(66(54,55)56)16-32(34(20)30)68(60,61)62/h3-6,9-16,31-34H,7-8H2,1-2H3,(H2,38,39,44)(H,45,46,47)(H,48,49,50)(H,51,52,53)(H,54,55,56)(H,57,58,59)(H,60,61,62). The summed E-state index contributed by atoms with van der Waals surface area (Å²) in [4.78, 5) is 44.6. The van der Waals surface area contributed by atoms with Gasteiger partial charge in [0.25, 0.3) is 72.5 Å². The van der Waals surface area contributed by atoms with Crippen LogP contribution in [0.4, 0.5) is 16.2 Å². The minimum absolute atomic E-state index is 0.103. The van der Waals surface area contributed by atoms with Gasteiger partial charge in [-0.2, -0.15) is 50.5 Å². The van der Waals surface area contributed by atoms with Crippen molar-refractivity contribution in [2.75, 3.05) is 10.6 Å². The summed E-state index contributed by atoms with van der Waals surface area (Å²) >= 11 is 0. The first kappa shape index (κ1) is 51.7. The van der Waals surface area contributed by atoms with Gasteiger partial charge in [-0.1, -0.05) is 23.3 Å². The summed E-state index contributed by atoms with van der Waals surface area (Å²) in [6, 6.07) is 6.44. The Bertz CT molecular complexity index is 3370. The first-order chi connectivity index (χ1) is 31.0. The van der Waals surface area contributed by atoms with Gasteiger partial charge in [0.05, 0.1) is 31.0 Å². The van der Waals surface area contributed by atoms with Crippen molar-refractivity contribution < 1.29 is 92.2 Å². The van der Waals surface area contributed by atoms with Crippen molar-refractivity contribution in [1.82, 2.24) is 0 Å². The minimum atomic E-state index is -5.26. The van der Waals surface area contributed by atoms with E-state index < -0.39 is 156 Å². The largest absolute Gasteiger partial charge is 0.323 e. The van der Waals surface area contributed by atoms with E-state index in [0.29, 0.717) is 36.5 Å². The average molecular weight is 1060 g/mol. The smallest absolute Gasteiger partial charge is 0.308 e. The predicted molar refractivity (Wildman–Crippen MR) is 240 cm³/mol. The molecular weight excluding hydrogens is 1030 g/mol. The lowest BCUT2D eigenvalue weighted by Gasteiger charge is -2.32. The molecule has 0 aromatic heterocycles. The molecule has 4 amide bonds. The number of nitrogens with one attached hydrogen (secondary N) is 2. The molecule has 4 unspecified atom stereocenters. The monoisotopic (exact) mass is 1060 g/mol. The van der Waals surface area contributed by atoms with Crippen molar-refractivity contribution in [3.05, 3.63) is 126 Å². The van der Waals surface area contributed by atoms with E-state index in [0.717, 1.165) is 12.1 Å². The summed E-state index contributed by atoms with van der Waals surface area (Å²) < 4.78 is 205. The number of urea groups is 1. The van der Waals surface area contributed by atoms with E-state index in [9.17, 15) is 92.2 Å². The molecule has 0 fully saturated rings. The maximum absolute atomic E-state index is 13.7. The zero-order valence-electron chi connectivity index (χ0n) is 34.3. The van der Waals surface area contributed by atoms with Gasteiger partial charge < -0.3 is 10.6 Å². The van der Waals surface area contributed by atoms with E-state index in [1.807, 2.05) is 0 Å². The molecule has 0 bridgehead atoms. The molecule has 2 aromatic rings. The lowest BCUT2D eigenvalue weighted by molar-refractivity contribution is 0.0993. The van der Waals surface area contributed by atoms with Gasteiger partial charge >= 0.3 is 6.03 Å². The Kier molecular flexibility index (Phi) is 13.7. The molecule has 0 heterocycles. The van der Waals surface area contributed by atoms with E-state index in [-0.39, 0.29) is 33.6 Å². The number of carbonyl (C=O) groups is 3. The molecule has 68 heavy (non-hydrogen) atoms. The topological polar surface area (TPSA) is 426 Å². The maximum atomic E-state index is 13.7. The molecule has 0 spiro atoms. The van der Waals surface area contributed by atoms with Crippen LogP contribution < -0.4 is 10.6 Å². The lowest BCUT2D eigenvalue weighted by Crippen LogP contribution is -2.39. The fourth-order valence-corrected chi connectivity index (χ4v) is 12.1. The van der Waals surface area contributed by atoms with E-state index in [2.05, 4.69) is 20.6 Å². The lowest BCUT2D eigenvalue weighted by atomic mass is 9.81. The number of aryl methyl sites for hydroxylation is 2. The second-order valence-electron chi connectivity index (χ2n) is 15.3. The summed E-state index contributed by atoms with van der Waals surface area (Å²) in [5, 5.41) is 0.365. The van der Waals surface area contributed by atoms with Crippen molar-refractivity contribution in [1.29, 1.82) is 0 Å². The summed E-state index contributed by atoms with van der Waals surface area (Å²) in [7, 11) is -31.0. The predicted octanol–water partition coefficient (Wildman–Crippen LogP) is 2.63. The van der Waals surface area contributed by atoms with Crippen LogP contribution >= 0.6 is 0 Å². The molecule has 6 rings (SSSR count). The number of fused-ring (bicyclic) bond motifs is 2. The van der Waals surface area contributed by atoms with Gasteiger partial charge in [0.2, 0.25) is 0 Å². The molecule has 0 saturated heterocycles. The molecule has 364 valence electrons. The maximum Gasteiger partial charge on any atom is 0.323 e. The molecule has 4 aliphatic rings. The molecule has 8 N–H and O–H groups in total. The number of hydrogen-bond acceptors (Lipinski definition) is 15. The van der Waals surface area contributed by atoms with Crippen LogP contribution in [-0.4, -0.2) is 118 Å². The number of nitrogens with zero attached hydrogens (tertiary/aromatic N) is 2. The van der Waals surface area contributed by atoms with Gasteiger partial charge in [0.1, 0.15) is 10.5 Å². The second-order valence-corrected chi connectivity index (χ2v) is 24.2. The quantitative estimate of drug-likeness (QED) is 0.159. The first-order valence-corrected chi connectivity index (χ1v) is 27.4. The van der Waals surface area contributed by atoms with Gasteiger partial charge in [-0.15, -0.1) is 0 Å². The van der Waals surface area contributed by atoms with Gasteiger partial charge in [0, 0.05) is 47.2 Å². The number of aliphatic imine (C=N–C) groups is 2. The molecule has 0 aliphatic heterocycles.